The second-order valence-corrected chi connectivity index (χ2v) is 5.24. The van der Waals surface area contributed by atoms with Gasteiger partial charge in [0.15, 0.2) is 0 Å². The zero-order valence-electron chi connectivity index (χ0n) is 9.25. The molecule has 1 aliphatic carbocycles. The van der Waals surface area contributed by atoms with E-state index in [1.54, 1.807) is 0 Å². The van der Waals surface area contributed by atoms with Crippen LogP contribution in [0.2, 0.25) is 0 Å². The minimum atomic E-state index is -0.874. The number of ether oxygens (including phenoxy) is 1. The predicted octanol–water partition coefficient (Wildman–Crippen LogP) is 2.30. The highest BCUT2D eigenvalue weighted by Gasteiger charge is 2.32. The number of hydrogen-bond acceptors (Lipinski definition) is 2. The first-order chi connectivity index (χ1) is 6.39. The van der Waals surface area contributed by atoms with E-state index in [0.717, 1.165) is 12.8 Å². The van der Waals surface area contributed by atoms with Crippen molar-refractivity contribution >= 4 is 5.97 Å². The van der Waals surface area contributed by atoms with Crippen LogP contribution < -0.4 is 0 Å². The van der Waals surface area contributed by atoms with Crippen molar-refractivity contribution in [3.63, 3.8) is 0 Å². The van der Waals surface area contributed by atoms with Crippen LogP contribution in [-0.2, 0) is 9.53 Å². The fraction of sp³-hybridized carbons (Fsp3) is 0.909. The molecule has 0 radical (unpaired) electrons. The molecular formula is C11H20O3. The number of carbonyl (C=O) groups is 1. The fourth-order valence-electron chi connectivity index (χ4n) is 2.57. The maximum Gasteiger partial charge on any atom is 0.329 e. The molecule has 1 N–H and O–H groups in total. The molecule has 0 amide bonds. The van der Waals surface area contributed by atoms with E-state index in [1.165, 1.54) is 6.42 Å². The van der Waals surface area contributed by atoms with Gasteiger partial charge in [-0.05, 0) is 30.6 Å². The second-order valence-electron chi connectivity index (χ2n) is 5.24. The van der Waals surface area contributed by atoms with Crippen molar-refractivity contribution in [2.75, 3.05) is 6.61 Å². The molecule has 0 saturated heterocycles. The van der Waals surface area contributed by atoms with Gasteiger partial charge in [0.1, 0.15) is 6.61 Å². The first-order valence-electron chi connectivity index (χ1n) is 5.22. The third kappa shape index (κ3) is 3.66. The van der Waals surface area contributed by atoms with Crippen LogP contribution in [0.3, 0.4) is 0 Å². The van der Waals surface area contributed by atoms with Gasteiger partial charge in [0, 0.05) is 0 Å². The number of carboxylic acid groups (broad SMARTS) is 1. The molecule has 2 atom stereocenters. The average molecular weight is 200 g/mol. The van der Waals surface area contributed by atoms with Crippen LogP contribution in [0.4, 0.5) is 0 Å². The van der Waals surface area contributed by atoms with Crippen LogP contribution >= 0.6 is 0 Å². The lowest BCUT2D eigenvalue weighted by atomic mass is 9.71. The predicted molar refractivity (Wildman–Crippen MR) is 54.2 cm³/mol. The Morgan fingerprint density at radius 3 is 2.64 bits per heavy atom. The van der Waals surface area contributed by atoms with E-state index in [2.05, 4.69) is 20.8 Å². The molecule has 0 spiro atoms. The quantitative estimate of drug-likeness (QED) is 0.760. The molecule has 0 aromatic heterocycles. The Bertz CT molecular complexity index is 211. The molecule has 0 bridgehead atoms. The van der Waals surface area contributed by atoms with Crippen LogP contribution in [0.5, 0.6) is 0 Å². The third-order valence-corrected chi connectivity index (χ3v) is 2.79. The monoisotopic (exact) mass is 200 g/mol. The Labute approximate surface area is 85.5 Å². The zero-order chi connectivity index (χ0) is 10.8. The summed E-state index contributed by atoms with van der Waals surface area (Å²) in [6, 6.07) is 0. The highest BCUT2D eigenvalue weighted by atomic mass is 16.5. The SMILES string of the molecule is C[C@H]1C[C@@H](OCC(=O)O)CC(C)(C)C1. The molecule has 14 heavy (non-hydrogen) atoms. The van der Waals surface area contributed by atoms with Crippen molar-refractivity contribution < 1.29 is 14.6 Å². The van der Waals surface area contributed by atoms with Crippen LogP contribution in [0.15, 0.2) is 0 Å². The lowest BCUT2D eigenvalue weighted by Gasteiger charge is -2.38. The summed E-state index contributed by atoms with van der Waals surface area (Å²) in [6.45, 7) is 6.49. The summed E-state index contributed by atoms with van der Waals surface area (Å²) in [5, 5.41) is 8.52. The maximum absolute atomic E-state index is 10.4. The Kier molecular flexibility index (Phi) is 3.53. The Morgan fingerprint density at radius 2 is 2.14 bits per heavy atom. The van der Waals surface area contributed by atoms with Gasteiger partial charge in [-0.1, -0.05) is 20.8 Å². The lowest BCUT2D eigenvalue weighted by molar-refractivity contribution is -0.146. The van der Waals surface area contributed by atoms with Crippen LogP contribution in [-0.4, -0.2) is 23.8 Å². The minimum Gasteiger partial charge on any atom is -0.480 e. The summed E-state index contributed by atoms with van der Waals surface area (Å²) in [5.41, 5.74) is 0.292. The van der Waals surface area contributed by atoms with Gasteiger partial charge in [-0.25, -0.2) is 4.79 Å². The minimum absolute atomic E-state index is 0.129. The molecular weight excluding hydrogens is 180 g/mol. The molecule has 3 heteroatoms. The van der Waals surface area contributed by atoms with Crippen molar-refractivity contribution in [2.24, 2.45) is 11.3 Å². The van der Waals surface area contributed by atoms with Crippen molar-refractivity contribution in [2.45, 2.75) is 46.1 Å². The smallest absolute Gasteiger partial charge is 0.329 e. The summed E-state index contributed by atoms with van der Waals surface area (Å²) in [5.74, 6) is -0.237. The summed E-state index contributed by atoms with van der Waals surface area (Å²) in [7, 11) is 0. The molecule has 0 unspecified atom stereocenters. The largest absolute Gasteiger partial charge is 0.480 e. The number of aliphatic carboxylic acids is 1. The molecule has 0 heterocycles. The van der Waals surface area contributed by atoms with Crippen LogP contribution in [0.25, 0.3) is 0 Å². The van der Waals surface area contributed by atoms with E-state index in [0.29, 0.717) is 11.3 Å². The van der Waals surface area contributed by atoms with Crippen molar-refractivity contribution in [3.05, 3.63) is 0 Å². The van der Waals surface area contributed by atoms with Crippen molar-refractivity contribution in [3.8, 4) is 0 Å². The van der Waals surface area contributed by atoms with E-state index >= 15 is 0 Å². The summed E-state index contributed by atoms with van der Waals surface area (Å²) >= 11 is 0. The van der Waals surface area contributed by atoms with Gasteiger partial charge in [-0.3, -0.25) is 0 Å². The van der Waals surface area contributed by atoms with Gasteiger partial charge < -0.3 is 9.84 Å². The Hall–Kier alpha value is -0.570. The Balaban J connectivity index is 2.42. The van der Waals surface area contributed by atoms with Gasteiger partial charge in [0.05, 0.1) is 6.10 Å². The van der Waals surface area contributed by atoms with Crippen molar-refractivity contribution in [1.29, 1.82) is 0 Å². The molecule has 0 aromatic carbocycles. The summed E-state index contributed by atoms with van der Waals surface area (Å²) in [4.78, 5) is 10.4. The fourth-order valence-corrected chi connectivity index (χ4v) is 2.57. The normalized spacial score (nSPS) is 31.4. The van der Waals surface area contributed by atoms with Gasteiger partial charge in [-0.15, -0.1) is 0 Å². The first-order valence-corrected chi connectivity index (χ1v) is 5.22. The van der Waals surface area contributed by atoms with Gasteiger partial charge in [0.2, 0.25) is 0 Å². The zero-order valence-corrected chi connectivity index (χ0v) is 9.25. The molecule has 1 saturated carbocycles. The summed E-state index contributed by atoms with van der Waals surface area (Å²) < 4.78 is 5.35. The molecule has 82 valence electrons. The number of rotatable bonds is 3. The topological polar surface area (TPSA) is 46.5 Å². The third-order valence-electron chi connectivity index (χ3n) is 2.79. The van der Waals surface area contributed by atoms with E-state index in [1.807, 2.05) is 0 Å². The van der Waals surface area contributed by atoms with Gasteiger partial charge in [0.25, 0.3) is 0 Å². The standard InChI is InChI=1S/C11H20O3/c1-8-4-9(14-7-10(12)13)6-11(2,3)5-8/h8-9H,4-7H2,1-3H3,(H,12,13)/t8-,9+/m0/s1. The Morgan fingerprint density at radius 1 is 1.50 bits per heavy atom. The number of carboxylic acids is 1. The van der Waals surface area contributed by atoms with E-state index in [4.69, 9.17) is 9.84 Å². The number of hydrogen-bond donors (Lipinski definition) is 1. The molecule has 0 aliphatic heterocycles. The van der Waals surface area contributed by atoms with E-state index in [9.17, 15) is 4.79 Å². The summed E-state index contributed by atoms with van der Waals surface area (Å²) in [6.07, 6.45) is 3.31. The first kappa shape index (κ1) is 11.5. The van der Waals surface area contributed by atoms with E-state index in [-0.39, 0.29) is 12.7 Å². The van der Waals surface area contributed by atoms with Crippen LogP contribution in [0.1, 0.15) is 40.0 Å². The molecule has 1 rings (SSSR count). The molecule has 3 nitrogen and oxygen atoms in total. The molecule has 1 fully saturated rings. The highest BCUT2D eigenvalue weighted by Crippen LogP contribution is 2.39. The highest BCUT2D eigenvalue weighted by molar-refractivity contribution is 5.68. The van der Waals surface area contributed by atoms with Crippen molar-refractivity contribution in [1.82, 2.24) is 0 Å². The second kappa shape index (κ2) is 4.30. The van der Waals surface area contributed by atoms with Gasteiger partial charge in [-0.2, -0.15) is 0 Å². The maximum atomic E-state index is 10.4. The van der Waals surface area contributed by atoms with Crippen LogP contribution in [0, 0.1) is 11.3 Å². The lowest BCUT2D eigenvalue weighted by Crippen LogP contribution is -2.33. The van der Waals surface area contributed by atoms with E-state index < -0.39 is 5.97 Å². The van der Waals surface area contributed by atoms with Gasteiger partial charge >= 0.3 is 5.97 Å². The molecule has 0 aromatic rings. The molecule has 1 aliphatic rings. The average Bonchev–Trinajstić information content (AvgIpc) is 1.96.